The number of anilines is 1. The van der Waals surface area contributed by atoms with Crippen molar-refractivity contribution in [2.45, 2.75) is 6.18 Å². The van der Waals surface area contributed by atoms with E-state index in [4.69, 9.17) is 10.5 Å². The number of ether oxygens (including phenoxy) is 1. The van der Waals surface area contributed by atoms with Crippen LogP contribution in [0.15, 0.2) is 17.3 Å². The second-order valence-corrected chi connectivity index (χ2v) is 4.53. The molecule has 11 heteroatoms. The predicted molar refractivity (Wildman–Crippen MR) is 89.8 cm³/mol. The van der Waals surface area contributed by atoms with Crippen LogP contribution in [0, 0.1) is 0 Å². The SMILES string of the molecule is I.NC(=NCCNc1nccc(C(F)(F)F)n1)N1CCOCC1. The molecule has 0 unspecified atom stereocenters. The number of nitrogens with two attached hydrogens (primary N) is 1. The molecule has 0 atom stereocenters. The van der Waals surface area contributed by atoms with Crippen molar-refractivity contribution >= 4 is 35.9 Å². The van der Waals surface area contributed by atoms with Crippen LogP contribution in [-0.4, -0.2) is 60.2 Å². The predicted octanol–water partition coefficient (Wildman–Crippen LogP) is 1.17. The lowest BCUT2D eigenvalue weighted by molar-refractivity contribution is -0.141. The van der Waals surface area contributed by atoms with E-state index in [1.54, 1.807) is 0 Å². The van der Waals surface area contributed by atoms with Gasteiger partial charge in [-0.2, -0.15) is 13.2 Å². The molecule has 0 saturated carbocycles. The normalized spacial score (nSPS) is 16.0. The van der Waals surface area contributed by atoms with Crippen LogP contribution in [0.25, 0.3) is 0 Å². The highest BCUT2D eigenvalue weighted by atomic mass is 127. The highest BCUT2D eigenvalue weighted by Gasteiger charge is 2.32. The lowest BCUT2D eigenvalue weighted by Crippen LogP contribution is -2.45. The van der Waals surface area contributed by atoms with Gasteiger partial charge < -0.3 is 20.7 Å². The van der Waals surface area contributed by atoms with E-state index in [2.05, 4.69) is 20.3 Å². The Morgan fingerprint density at radius 3 is 2.74 bits per heavy atom. The summed E-state index contributed by atoms with van der Waals surface area (Å²) in [6, 6.07) is 0.819. The number of alkyl halides is 3. The van der Waals surface area contributed by atoms with Crippen molar-refractivity contribution in [1.29, 1.82) is 0 Å². The molecule has 0 spiro atoms. The van der Waals surface area contributed by atoms with Crippen LogP contribution in [0.5, 0.6) is 0 Å². The molecule has 0 aliphatic carbocycles. The van der Waals surface area contributed by atoms with Gasteiger partial charge in [0, 0.05) is 25.8 Å². The van der Waals surface area contributed by atoms with E-state index in [1.807, 2.05) is 4.90 Å². The van der Waals surface area contributed by atoms with Crippen LogP contribution in [0.4, 0.5) is 19.1 Å². The lowest BCUT2D eigenvalue weighted by atomic mass is 10.4. The fourth-order valence-corrected chi connectivity index (χ4v) is 1.83. The Morgan fingerprint density at radius 1 is 1.39 bits per heavy atom. The molecule has 0 aromatic carbocycles. The van der Waals surface area contributed by atoms with Gasteiger partial charge in [0.2, 0.25) is 5.95 Å². The second kappa shape index (κ2) is 9.05. The molecule has 0 bridgehead atoms. The fraction of sp³-hybridized carbons (Fsp3) is 0.583. The van der Waals surface area contributed by atoms with Gasteiger partial charge in [-0.3, -0.25) is 4.99 Å². The van der Waals surface area contributed by atoms with Crippen LogP contribution in [0.1, 0.15) is 5.69 Å². The minimum Gasteiger partial charge on any atom is -0.378 e. The molecule has 1 fully saturated rings. The zero-order valence-electron chi connectivity index (χ0n) is 12.2. The lowest BCUT2D eigenvalue weighted by Gasteiger charge is -2.27. The molecular weight excluding hydrogens is 428 g/mol. The van der Waals surface area contributed by atoms with Gasteiger partial charge in [-0.15, -0.1) is 24.0 Å². The van der Waals surface area contributed by atoms with E-state index in [1.165, 1.54) is 0 Å². The molecule has 130 valence electrons. The summed E-state index contributed by atoms with van der Waals surface area (Å²) in [6.45, 7) is 3.16. The number of rotatable bonds is 4. The Bertz CT molecular complexity index is 522. The fourth-order valence-electron chi connectivity index (χ4n) is 1.83. The molecule has 2 rings (SSSR count). The minimum absolute atomic E-state index is 0. The first-order valence-corrected chi connectivity index (χ1v) is 6.73. The number of hydrogen-bond donors (Lipinski definition) is 2. The summed E-state index contributed by atoms with van der Waals surface area (Å²) < 4.78 is 42.7. The monoisotopic (exact) mass is 446 g/mol. The molecule has 3 N–H and O–H groups in total. The molecule has 2 heterocycles. The van der Waals surface area contributed by atoms with Crippen molar-refractivity contribution in [3.8, 4) is 0 Å². The van der Waals surface area contributed by atoms with Crippen molar-refractivity contribution < 1.29 is 17.9 Å². The molecule has 7 nitrogen and oxygen atoms in total. The highest BCUT2D eigenvalue weighted by molar-refractivity contribution is 14.0. The number of guanidine groups is 1. The molecule has 1 saturated heterocycles. The average molecular weight is 446 g/mol. The van der Waals surface area contributed by atoms with Gasteiger partial charge in [0.1, 0.15) is 5.69 Å². The summed E-state index contributed by atoms with van der Waals surface area (Å²) >= 11 is 0. The van der Waals surface area contributed by atoms with Gasteiger partial charge in [-0.1, -0.05) is 0 Å². The number of aromatic nitrogens is 2. The Balaban J connectivity index is 0.00000264. The van der Waals surface area contributed by atoms with Gasteiger partial charge in [-0.05, 0) is 6.07 Å². The van der Waals surface area contributed by atoms with E-state index in [9.17, 15) is 13.2 Å². The molecule has 1 aliphatic heterocycles. The number of nitrogens with zero attached hydrogens (tertiary/aromatic N) is 4. The smallest absolute Gasteiger partial charge is 0.378 e. The third-order valence-electron chi connectivity index (χ3n) is 2.95. The summed E-state index contributed by atoms with van der Waals surface area (Å²) in [6.07, 6.45) is -3.43. The van der Waals surface area contributed by atoms with E-state index in [-0.39, 0.29) is 36.5 Å². The molecule has 0 radical (unpaired) electrons. The quantitative estimate of drug-likeness (QED) is 0.313. The molecular formula is C12H18F3IN6O. The largest absolute Gasteiger partial charge is 0.433 e. The summed E-state index contributed by atoms with van der Waals surface area (Å²) in [5.41, 5.74) is 4.84. The van der Waals surface area contributed by atoms with E-state index in [0.29, 0.717) is 38.8 Å². The van der Waals surface area contributed by atoms with Crippen LogP contribution < -0.4 is 11.1 Å². The third-order valence-corrected chi connectivity index (χ3v) is 2.95. The average Bonchev–Trinajstić information content (AvgIpc) is 2.52. The van der Waals surface area contributed by atoms with Crippen LogP contribution in [0.3, 0.4) is 0 Å². The van der Waals surface area contributed by atoms with Crippen LogP contribution in [0.2, 0.25) is 0 Å². The summed E-state index contributed by atoms with van der Waals surface area (Å²) in [5.74, 6) is 0.310. The van der Waals surface area contributed by atoms with Crippen molar-refractivity contribution in [3.63, 3.8) is 0 Å². The van der Waals surface area contributed by atoms with E-state index in [0.717, 1.165) is 12.3 Å². The highest BCUT2D eigenvalue weighted by Crippen LogP contribution is 2.27. The van der Waals surface area contributed by atoms with Gasteiger partial charge in [0.15, 0.2) is 5.96 Å². The van der Waals surface area contributed by atoms with Crippen molar-refractivity contribution in [3.05, 3.63) is 18.0 Å². The first-order chi connectivity index (χ1) is 10.5. The molecule has 1 aliphatic rings. The van der Waals surface area contributed by atoms with Gasteiger partial charge in [0.05, 0.1) is 19.8 Å². The van der Waals surface area contributed by atoms with Crippen LogP contribution >= 0.6 is 24.0 Å². The van der Waals surface area contributed by atoms with Crippen LogP contribution in [-0.2, 0) is 10.9 Å². The van der Waals surface area contributed by atoms with Crippen molar-refractivity contribution in [2.75, 3.05) is 44.7 Å². The van der Waals surface area contributed by atoms with Gasteiger partial charge in [0.25, 0.3) is 0 Å². The summed E-state index contributed by atoms with van der Waals surface area (Å²) in [4.78, 5) is 13.2. The summed E-state index contributed by atoms with van der Waals surface area (Å²) in [5, 5.41) is 2.69. The van der Waals surface area contributed by atoms with Gasteiger partial charge in [-0.25, -0.2) is 9.97 Å². The molecule has 1 aromatic heterocycles. The molecule has 1 aromatic rings. The zero-order chi connectivity index (χ0) is 16.0. The third kappa shape index (κ3) is 6.33. The standard InChI is InChI=1S/C12H17F3N6O.HI/c13-12(14,15)9-1-2-18-11(20-9)19-4-3-17-10(16)21-5-7-22-8-6-21;/h1-2H,3-8H2,(H2,16,17)(H,18,19,20);1H. The number of morpholine rings is 1. The topological polar surface area (TPSA) is 88.7 Å². The maximum Gasteiger partial charge on any atom is 0.433 e. The summed E-state index contributed by atoms with van der Waals surface area (Å²) in [7, 11) is 0. The number of aliphatic imine (C=N–C) groups is 1. The molecule has 0 amide bonds. The van der Waals surface area contributed by atoms with Crippen molar-refractivity contribution in [2.24, 2.45) is 10.7 Å². The second-order valence-electron chi connectivity index (χ2n) is 4.53. The first-order valence-electron chi connectivity index (χ1n) is 6.73. The van der Waals surface area contributed by atoms with E-state index >= 15 is 0 Å². The zero-order valence-corrected chi connectivity index (χ0v) is 14.5. The van der Waals surface area contributed by atoms with Gasteiger partial charge >= 0.3 is 6.18 Å². The Morgan fingerprint density at radius 2 is 2.09 bits per heavy atom. The first kappa shape index (κ1) is 19.7. The Labute approximate surface area is 148 Å². The number of nitrogens with one attached hydrogen (secondary N) is 1. The number of hydrogen-bond acceptors (Lipinski definition) is 5. The van der Waals surface area contributed by atoms with Crippen molar-refractivity contribution in [1.82, 2.24) is 14.9 Å². The maximum absolute atomic E-state index is 12.5. The Kier molecular flexibility index (Phi) is 7.75. The van der Waals surface area contributed by atoms with E-state index < -0.39 is 11.9 Å². The maximum atomic E-state index is 12.5. The Hall–Kier alpha value is -1.37. The molecule has 23 heavy (non-hydrogen) atoms. The minimum atomic E-state index is -4.49. The number of halogens is 4.